The van der Waals surface area contributed by atoms with Gasteiger partial charge in [0.05, 0.1) is 0 Å². The molecule has 31 heavy (non-hydrogen) atoms. The molecule has 3 aromatic carbocycles. The Balaban J connectivity index is 1.51. The van der Waals surface area contributed by atoms with Crippen molar-refractivity contribution >= 4 is 21.4 Å². The van der Waals surface area contributed by atoms with Crippen LogP contribution in [0.1, 0.15) is 10.4 Å². The van der Waals surface area contributed by atoms with Gasteiger partial charge in [0.25, 0.3) is 5.91 Å². The van der Waals surface area contributed by atoms with Gasteiger partial charge in [0.2, 0.25) is 0 Å². The fraction of sp³-hybridized carbons (Fsp3) is 0.0455. The van der Waals surface area contributed by atoms with Crippen molar-refractivity contribution in [2.75, 3.05) is 11.6 Å². The van der Waals surface area contributed by atoms with Crippen molar-refractivity contribution < 1.29 is 17.6 Å². The minimum absolute atomic E-state index is 0.0358. The number of halogens is 1. The lowest BCUT2D eigenvalue weighted by molar-refractivity contribution is 0.102. The molecule has 0 radical (unpaired) electrons. The normalized spacial score (nSPS) is 11.3. The van der Waals surface area contributed by atoms with Crippen molar-refractivity contribution in [3.05, 3.63) is 84.2 Å². The van der Waals surface area contributed by atoms with E-state index in [0.29, 0.717) is 17.3 Å². The van der Waals surface area contributed by atoms with E-state index < -0.39 is 26.5 Å². The summed E-state index contributed by atoms with van der Waals surface area (Å²) in [6.45, 7) is 0. The maximum absolute atomic E-state index is 13.7. The molecule has 4 aromatic rings. The summed E-state index contributed by atoms with van der Waals surface area (Å²) in [5, 5.41) is 9.78. The number of anilines is 1. The lowest BCUT2D eigenvalue weighted by atomic mass is 10.1. The van der Waals surface area contributed by atoms with Gasteiger partial charge in [-0.15, -0.1) is 0 Å². The Kier molecular flexibility index (Phi) is 5.35. The molecule has 156 valence electrons. The zero-order valence-corrected chi connectivity index (χ0v) is 17.2. The third kappa shape index (κ3) is 4.51. The van der Waals surface area contributed by atoms with Crippen LogP contribution >= 0.6 is 0 Å². The van der Waals surface area contributed by atoms with Crippen LogP contribution < -0.4 is 5.32 Å². The molecule has 0 aliphatic rings. The van der Waals surface area contributed by atoms with Gasteiger partial charge < -0.3 is 5.32 Å². The first kappa shape index (κ1) is 20.4. The molecule has 0 spiro atoms. The maximum Gasteiger partial charge on any atom is 0.255 e. The monoisotopic (exact) mass is 436 g/mol. The van der Waals surface area contributed by atoms with Crippen molar-refractivity contribution in [2.24, 2.45) is 0 Å². The van der Waals surface area contributed by atoms with Crippen LogP contribution in [0.5, 0.6) is 0 Å². The number of hydrogen-bond donors (Lipinski definition) is 2. The second-order valence-corrected chi connectivity index (χ2v) is 8.81. The van der Waals surface area contributed by atoms with E-state index in [4.69, 9.17) is 0 Å². The van der Waals surface area contributed by atoms with Crippen molar-refractivity contribution in [1.82, 2.24) is 15.2 Å². The summed E-state index contributed by atoms with van der Waals surface area (Å²) in [5.41, 5.74) is 2.19. The quantitative estimate of drug-likeness (QED) is 0.493. The Hall–Kier alpha value is -3.85. The second-order valence-electron chi connectivity index (χ2n) is 6.82. The van der Waals surface area contributed by atoms with Crippen LogP contribution in [0.3, 0.4) is 0 Å². The lowest BCUT2D eigenvalue weighted by Crippen LogP contribution is -2.13. The predicted molar refractivity (Wildman–Crippen MR) is 115 cm³/mol. The number of H-pyrrole nitrogens is 1. The molecule has 0 bridgehead atoms. The van der Waals surface area contributed by atoms with E-state index in [0.717, 1.165) is 29.5 Å². The number of nitrogens with zero attached hydrogens (tertiary/aromatic N) is 2. The van der Waals surface area contributed by atoms with Gasteiger partial charge in [-0.05, 0) is 42.5 Å². The van der Waals surface area contributed by atoms with Gasteiger partial charge in [0, 0.05) is 28.6 Å². The SMILES string of the molecule is CS(=O)(=O)c1cc(C(=O)Nc2ccc(-c3nc(-c4ccccc4)n[nH]3)cc2)ccc1F. The number of aromatic amines is 1. The molecule has 2 N–H and O–H groups in total. The van der Waals surface area contributed by atoms with Crippen molar-refractivity contribution in [3.63, 3.8) is 0 Å². The zero-order valence-electron chi connectivity index (χ0n) is 16.3. The number of rotatable bonds is 5. The highest BCUT2D eigenvalue weighted by Gasteiger charge is 2.17. The molecule has 0 unspecified atom stereocenters. The topological polar surface area (TPSA) is 105 Å². The largest absolute Gasteiger partial charge is 0.322 e. The zero-order chi connectivity index (χ0) is 22.0. The summed E-state index contributed by atoms with van der Waals surface area (Å²) in [6, 6.07) is 19.6. The Labute approximate surface area is 177 Å². The fourth-order valence-corrected chi connectivity index (χ4v) is 3.71. The van der Waals surface area contributed by atoms with Crippen LogP contribution in [0, 0.1) is 5.82 Å². The number of carbonyl (C=O) groups excluding carboxylic acids is 1. The third-order valence-electron chi connectivity index (χ3n) is 4.53. The van der Waals surface area contributed by atoms with Crippen molar-refractivity contribution in [2.45, 2.75) is 4.90 Å². The van der Waals surface area contributed by atoms with Gasteiger partial charge in [-0.2, -0.15) is 5.10 Å². The van der Waals surface area contributed by atoms with Crippen LogP contribution in [0.25, 0.3) is 22.8 Å². The molecular weight excluding hydrogens is 419 g/mol. The predicted octanol–water partition coefficient (Wildman–Crippen LogP) is 3.93. The molecular formula is C22H17FN4O3S. The molecule has 4 rings (SSSR count). The smallest absolute Gasteiger partial charge is 0.255 e. The molecule has 1 amide bonds. The summed E-state index contributed by atoms with van der Waals surface area (Å²) >= 11 is 0. The molecule has 0 saturated carbocycles. The number of nitrogens with one attached hydrogen (secondary N) is 2. The summed E-state index contributed by atoms with van der Waals surface area (Å²) < 4.78 is 37.1. The molecule has 9 heteroatoms. The third-order valence-corrected chi connectivity index (χ3v) is 5.64. The highest BCUT2D eigenvalue weighted by atomic mass is 32.2. The first-order chi connectivity index (χ1) is 14.8. The summed E-state index contributed by atoms with van der Waals surface area (Å²) in [5.74, 6) is -0.298. The molecule has 7 nitrogen and oxygen atoms in total. The highest BCUT2D eigenvalue weighted by molar-refractivity contribution is 7.90. The Morgan fingerprint density at radius 1 is 0.968 bits per heavy atom. The van der Waals surface area contributed by atoms with E-state index in [1.807, 2.05) is 30.3 Å². The Morgan fingerprint density at radius 2 is 1.68 bits per heavy atom. The van der Waals surface area contributed by atoms with Crippen LogP contribution in [0.4, 0.5) is 10.1 Å². The average molecular weight is 436 g/mol. The molecule has 1 heterocycles. The molecule has 0 saturated heterocycles. The van der Waals surface area contributed by atoms with Crippen LogP contribution in [-0.2, 0) is 9.84 Å². The van der Waals surface area contributed by atoms with Gasteiger partial charge in [0.1, 0.15) is 10.7 Å². The number of benzene rings is 3. The highest BCUT2D eigenvalue weighted by Crippen LogP contribution is 2.22. The fourth-order valence-electron chi connectivity index (χ4n) is 2.95. The average Bonchev–Trinajstić information content (AvgIpc) is 3.25. The number of amides is 1. The summed E-state index contributed by atoms with van der Waals surface area (Å²) in [7, 11) is -3.79. The van der Waals surface area contributed by atoms with Crippen LogP contribution in [0.15, 0.2) is 77.7 Å². The van der Waals surface area contributed by atoms with Crippen LogP contribution in [-0.4, -0.2) is 35.8 Å². The molecule has 0 aliphatic heterocycles. The minimum atomic E-state index is -3.79. The van der Waals surface area contributed by atoms with E-state index >= 15 is 0 Å². The van der Waals surface area contributed by atoms with E-state index in [9.17, 15) is 17.6 Å². The molecule has 1 aromatic heterocycles. The number of hydrogen-bond acceptors (Lipinski definition) is 5. The van der Waals surface area contributed by atoms with Gasteiger partial charge in [-0.1, -0.05) is 30.3 Å². The van der Waals surface area contributed by atoms with Gasteiger partial charge in [-0.25, -0.2) is 17.8 Å². The van der Waals surface area contributed by atoms with Gasteiger partial charge in [-0.3, -0.25) is 9.89 Å². The number of carbonyl (C=O) groups is 1. The van der Waals surface area contributed by atoms with E-state index in [2.05, 4.69) is 20.5 Å². The van der Waals surface area contributed by atoms with Crippen molar-refractivity contribution in [3.8, 4) is 22.8 Å². The van der Waals surface area contributed by atoms with E-state index in [-0.39, 0.29) is 5.56 Å². The number of aromatic nitrogens is 3. The molecule has 0 atom stereocenters. The summed E-state index contributed by atoms with van der Waals surface area (Å²) in [4.78, 5) is 16.4. The molecule has 0 fully saturated rings. The second kappa shape index (κ2) is 8.11. The maximum atomic E-state index is 13.7. The molecule has 0 aliphatic carbocycles. The van der Waals surface area contributed by atoms with E-state index in [1.54, 1.807) is 24.3 Å². The first-order valence-corrected chi connectivity index (χ1v) is 11.1. The van der Waals surface area contributed by atoms with Gasteiger partial charge >= 0.3 is 0 Å². The van der Waals surface area contributed by atoms with Crippen LogP contribution in [0.2, 0.25) is 0 Å². The lowest BCUT2D eigenvalue weighted by Gasteiger charge is -2.08. The minimum Gasteiger partial charge on any atom is -0.322 e. The Morgan fingerprint density at radius 3 is 2.35 bits per heavy atom. The number of sulfone groups is 1. The van der Waals surface area contributed by atoms with Gasteiger partial charge in [0.15, 0.2) is 21.5 Å². The summed E-state index contributed by atoms with van der Waals surface area (Å²) in [6.07, 6.45) is 0.887. The van der Waals surface area contributed by atoms with Crippen molar-refractivity contribution in [1.29, 1.82) is 0 Å². The Bertz CT molecular complexity index is 1350. The van der Waals surface area contributed by atoms with E-state index in [1.165, 1.54) is 6.07 Å². The standard InChI is InChI=1S/C22H17FN4O3S/c1-31(29,30)19-13-16(9-12-18(19)23)22(28)24-17-10-7-15(8-11-17)21-25-20(26-27-21)14-5-3-2-4-6-14/h2-13H,1H3,(H,24,28)(H,25,26,27). The first-order valence-electron chi connectivity index (χ1n) is 9.20.